The van der Waals surface area contributed by atoms with Gasteiger partial charge in [-0.05, 0) is 36.6 Å². The van der Waals surface area contributed by atoms with Gasteiger partial charge in [0.05, 0.1) is 11.8 Å². The molecule has 26 heavy (non-hydrogen) atoms. The molecule has 0 spiro atoms. The average molecular weight is 438 g/mol. The standard InChI is InChI=1S/C20H24BrNO3S/c1-3-20(4-2)13-18(17-10-5-6-11-19(17)25-20)22-26(23,24)14-15-8-7-9-16(21)12-15/h5-12,18,22H,3-4,13-14H2,1-2H3/t18-/m0/s1. The highest BCUT2D eigenvalue weighted by Gasteiger charge is 2.39. The van der Waals surface area contributed by atoms with Gasteiger partial charge in [0.25, 0.3) is 0 Å². The maximum atomic E-state index is 12.8. The molecule has 0 saturated heterocycles. The van der Waals surface area contributed by atoms with Crippen LogP contribution in [0.5, 0.6) is 5.75 Å². The van der Waals surface area contributed by atoms with Crippen molar-refractivity contribution < 1.29 is 13.2 Å². The topological polar surface area (TPSA) is 55.4 Å². The number of sulfonamides is 1. The first-order valence-corrected chi connectivity index (χ1v) is 11.3. The first-order valence-electron chi connectivity index (χ1n) is 8.89. The Morgan fingerprint density at radius 3 is 2.58 bits per heavy atom. The molecule has 6 heteroatoms. The number of fused-ring (bicyclic) bond motifs is 1. The average Bonchev–Trinajstić information content (AvgIpc) is 2.60. The van der Waals surface area contributed by atoms with Gasteiger partial charge in [-0.1, -0.05) is 60.1 Å². The molecule has 1 aliphatic heterocycles. The second-order valence-electron chi connectivity index (χ2n) is 6.79. The Labute approximate surface area is 164 Å². The van der Waals surface area contributed by atoms with E-state index in [1.165, 1.54) is 0 Å². The van der Waals surface area contributed by atoms with E-state index in [1.807, 2.05) is 48.5 Å². The number of nitrogens with one attached hydrogen (secondary N) is 1. The van der Waals surface area contributed by atoms with E-state index in [1.54, 1.807) is 0 Å². The Kier molecular flexibility index (Phi) is 5.75. The highest BCUT2D eigenvalue weighted by Crippen LogP contribution is 2.42. The zero-order chi connectivity index (χ0) is 18.8. The summed E-state index contributed by atoms with van der Waals surface area (Å²) in [6, 6.07) is 14.8. The second kappa shape index (κ2) is 7.71. The third-order valence-corrected chi connectivity index (χ3v) is 6.90. The van der Waals surface area contributed by atoms with Crippen LogP contribution in [-0.2, 0) is 15.8 Å². The van der Waals surface area contributed by atoms with Crippen molar-refractivity contribution in [2.75, 3.05) is 0 Å². The Hall–Kier alpha value is -1.37. The van der Waals surface area contributed by atoms with Crippen LogP contribution in [0.4, 0.5) is 0 Å². The lowest BCUT2D eigenvalue weighted by molar-refractivity contribution is 0.0260. The van der Waals surface area contributed by atoms with E-state index in [0.717, 1.165) is 34.2 Å². The molecule has 1 N–H and O–H groups in total. The normalized spacial score (nSPS) is 18.8. The summed E-state index contributed by atoms with van der Waals surface area (Å²) in [6.07, 6.45) is 2.30. The summed E-state index contributed by atoms with van der Waals surface area (Å²) in [5.41, 5.74) is 1.32. The van der Waals surface area contributed by atoms with Gasteiger partial charge in [-0.3, -0.25) is 0 Å². The van der Waals surface area contributed by atoms with Crippen LogP contribution in [0.3, 0.4) is 0 Å². The van der Waals surface area contributed by atoms with Gasteiger partial charge in [0.15, 0.2) is 0 Å². The number of hydrogen-bond donors (Lipinski definition) is 1. The fourth-order valence-electron chi connectivity index (χ4n) is 3.51. The number of ether oxygens (including phenoxy) is 1. The molecule has 4 nitrogen and oxygen atoms in total. The number of hydrogen-bond acceptors (Lipinski definition) is 3. The molecular formula is C20H24BrNO3S. The summed E-state index contributed by atoms with van der Waals surface area (Å²) < 4.78 is 35.7. The first kappa shape index (κ1) is 19.4. The molecule has 1 heterocycles. The minimum Gasteiger partial charge on any atom is -0.487 e. The molecule has 0 amide bonds. The fourth-order valence-corrected chi connectivity index (χ4v) is 5.30. The summed E-state index contributed by atoms with van der Waals surface area (Å²) in [5, 5.41) is 0. The third-order valence-electron chi connectivity index (χ3n) is 5.05. The predicted molar refractivity (Wildman–Crippen MR) is 108 cm³/mol. The minimum atomic E-state index is -3.49. The summed E-state index contributed by atoms with van der Waals surface area (Å²) in [6.45, 7) is 4.18. The van der Waals surface area contributed by atoms with Crippen molar-refractivity contribution in [3.05, 3.63) is 64.1 Å². The molecule has 0 aromatic heterocycles. The molecule has 2 aromatic rings. The van der Waals surface area contributed by atoms with Crippen molar-refractivity contribution in [1.82, 2.24) is 4.72 Å². The van der Waals surface area contributed by atoms with Crippen LogP contribution in [0.1, 0.15) is 50.3 Å². The third kappa shape index (κ3) is 4.30. The van der Waals surface area contributed by atoms with Gasteiger partial charge >= 0.3 is 0 Å². The van der Waals surface area contributed by atoms with Gasteiger partial charge in [-0.15, -0.1) is 0 Å². The molecule has 1 atom stereocenters. The van der Waals surface area contributed by atoms with Crippen molar-refractivity contribution in [3.63, 3.8) is 0 Å². The van der Waals surface area contributed by atoms with Crippen molar-refractivity contribution >= 4 is 26.0 Å². The van der Waals surface area contributed by atoms with Crippen LogP contribution in [-0.4, -0.2) is 14.0 Å². The lowest BCUT2D eigenvalue weighted by Crippen LogP contribution is -2.44. The molecule has 140 valence electrons. The predicted octanol–water partition coefficient (Wildman–Crippen LogP) is 4.95. The number of benzene rings is 2. The number of rotatable bonds is 6. The van der Waals surface area contributed by atoms with E-state index in [9.17, 15) is 8.42 Å². The quantitative estimate of drug-likeness (QED) is 0.694. The van der Waals surface area contributed by atoms with Crippen LogP contribution in [0.15, 0.2) is 53.0 Å². The van der Waals surface area contributed by atoms with Crippen LogP contribution in [0.25, 0.3) is 0 Å². The minimum absolute atomic E-state index is 0.0444. The van der Waals surface area contributed by atoms with E-state index in [4.69, 9.17) is 4.74 Å². The monoisotopic (exact) mass is 437 g/mol. The van der Waals surface area contributed by atoms with Crippen molar-refractivity contribution in [2.45, 2.75) is 50.5 Å². The number of halogens is 1. The van der Waals surface area contributed by atoms with Crippen LogP contribution >= 0.6 is 15.9 Å². The summed E-state index contributed by atoms with van der Waals surface area (Å²) in [7, 11) is -3.49. The summed E-state index contributed by atoms with van der Waals surface area (Å²) in [5.74, 6) is 0.731. The highest BCUT2D eigenvalue weighted by atomic mass is 79.9. The SMILES string of the molecule is CCC1(CC)C[C@H](NS(=O)(=O)Cc2cccc(Br)c2)c2ccccc2O1. The fraction of sp³-hybridized carbons (Fsp3) is 0.400. The largest absolute Gasteiger partial charge is 0.487 e. The summed E-state index contributed by atoms with van der Waals surface area (Å²) in [4.78, 5) is 0. The van der Waals surface area contributed by atoms with Gasteiger partial charge in [0.2, 0.25) is 10.0 Å². The first-order chi connectivity index (χ1) is 12.4. The molecule has 0 radical (unpaired) electrons. The molecule has 0 bridgehead atoms. The van der Waals surface area contributed by atoms with Gasteiger partial charge in [-0.25, -0.2) is 13.1 Å². The smallest absolute Gasteiger partial charge is 0.216 e. The zero-order valence-corrected chi connectivity index (χ0v) is 17.4. The molecular weight excluding hydrogens is 414 g/mol. The van der Waals surface area contributed by atoms with Gasteiger partial charge < -0.3 is 4.74 Å². The Morgan fingerprint density at radius 2 is 1.88 bits per heavy atom. The van der Waals surface area contributed by atoms with Crippen LogP contribution in [0.2, 0.25) is 0 Å². The van der Waals surface area contributed by atoms with Crippen LogP contribution in [0, 0.1) is 0 Å². The molecule has 0 aliphatic carbocycles. The van der Waals surface area contributed by atoms with Crippen LogP contribution < -0.4 is 9.46 Å². The van der Waals surface area contributed by atoms with E-state index in [-0.39, 0.29) is 17.4 Å². The maximum Gasteiger partial charge on any atom is 0.216 e. The van der Waals surface area contributed by atoms with Crippen molar-refractivity contribution in [3.8, 4) is 5.75 Å². The van der Waals surface area contributed by atoms with E-state index in [0.29, 0.717) is 6.42 Å². The van der Waals surface area contributed by atoms with Gasteiger partial charge in [0, 0.05) is 16.5 Å². The van der Waals surface area contributed by atoms with E-state index < -0.39 is 10.0 Å². The molecule has 3 rings (SSSR count). The molecule has 1 aliphatic rings. The zero-order valence-electron chi connectivity index (χ0n) is 15.0. The highest BCUT2D eigenvalue weighted by molar-refractivity contribution is 9.10. The Morgan fingerprint density at radius 1 is 1.15 bits per heavy atom. The van der Waals surface area contributed by atoms with Crippen molar-refractivity contribution in [1.29, 1.82) is 0 Å². The molecule has 0 fully saturated rings. The van der Waals surface area contributed by atoms with Gasteiger partial charge in [0.1, 0.15) is 11.4 Å². The van der Waals surface area contributed by atoms with Crippen molar-refractivity contribution in [2.24, 2.45) is 0 Å². The maximum absolute atomic E-state index is 12.8. The molecule has 0 saturated carbocycles. The summed E-state index contributed by atoms with van der Waals surface area (Å²) >= 11 is 3.39. The number of para-hydroxylation sites is 1. The Balaban J connectivity index is 1.87. The van der Waals surface area contributed by atoms with E-state index in [2.05, 4.69) is 34.5 Å². The lowest BCUT2D eigenvalue weighted by Gasteiger charge is -2.41. The lowest BCUT2D eigenvalue weighted by atomic mass is 9.84. The molecule has 2 aromatic carbocycles. The van der Waals surface area contributed by atoms with E-state index >= 15 is 0 Å². The molecule has 0 unspecified atom stereocenters. The van der Waals surface area contributed by atoms with Gasteiger partial charge in [-0.2, -0.15) is 0 Å². The second-order valence-corrected chi connectivity index (χ2v) is 9.46. The Bertz CT molecular complexity index is 878.